The number of nitrogens with one attached hydrogen (secondary N) is 1. The van der Waals surface area contributed by atoms with E-state index in [4.69, 9.17) is 4.74 Å². The van der Waals surface area contributed by atoms with Gasteiger partial charge < -0.3 is 10.1 Å². The number of likely N-dealkylation sites (tertiary alicyclic amines) is 1. The maximum absolute atomic E-state index is 14.0. The molecule has 2 aliphatic rings. The van der Waals surface area contributed by atoms with Gasteiger partial charge >= 0.3 is 5.69 Å². The summed E-state index contributed by atoms with van der Waals surface area (Å²) < 4.78 is 19.0. The first-order valence-corrected chi connectivity index (χ1v) is 8.54. The number of amides is 2. The first-order chi connectivity index (χ1) is 12.4. The summed E-state index contributed by atoms with van der Waals surface area (Å²) in [5.41, 5.74) is -0.540. The molecule has 2 fully saturated rings. The molecule has 1 aliphatic carbocycles. The Balaban J connectivity index is 1.70. The normalized spacial score (nSPS) is 23.2. The van der Waals surface area contributed by atoms with Gasteiger partial charge in [-0.15, -0.1) is 0 Å². The Morgan fingerprint density at radius 2 is 1.81 bits per heavy atom. The molecule has 1 saturated heterocycles. The van der Waals surface area contributed by atoms with Crippen LogP contribution < -0.4 is 10.1 Å². The molecule has 0 spiro atoms. The van der Waals surface area contributed by atoms with Crippen LogP contribution in [0.4, 0.5) is 15.8 Å². The first kappa shape index (κ1) is 18.1. The molecule has 2 amide bonds. The van der Waals surface area contributed by atoms with Crippen molar-refractivity contribution in [2.75, 3.05) is 12.4 Å². The Morgan fingerprint density at radius 3 is 2.35 bits per heavy atom. The summed E-state index contributed by atoms with van der Waals surface area (Å²) in [6.07, 6.45) is 3.03. The van der Waals surface area contributed by atoms with Gasteiger partial charge in [-0.05, 0) is 25.7 Å². The number of carbonyl (C=O) groups is 2. The molecule has 1 aromatic rings. The Hall–Kier alpha value is -2.71. The minimum Gasteiger partial charge on any atom is -0.497 e. The quantitative estimate of drug-likeness (QED) is 0.489. The van der Waals surface area contributed by atoms with Crippen molar-refractivity contribution in [1.82, 2.24) is 4.90 Å². The number of nitrogens with zero attached hydrogens (tertiary/aromatic N) is 2. The van der Waals surface area contributed by atoms with E-state index in [1.807, 2.05) is 0 Å². The van der Waals surface area contributed by atoms with Gasteiger partial charge in [-0.3, -0.25) is 24.6 Å². The molecule has 1 heterocycles. The third kappa shape index (κ3) is 3.47. The third-order valence-electron chi connectivity index (χ3n) is 4.97. The fourth-order valence-electron chi connectivity index (χ4n) is 3.69. The van der Waals surface area contributed by atoms with E-state index in [0.29, 0.717) is 25.7 Å². The molecule has 0 radical (unpaired) electrons. The van der Waals surface area contributed by atoms with Crippen LogP contribution >= 0.6 is 0 Å². The molecule has 26 heavy (non-hydrogen) atoms. The lowest BCUT2D eigenvalue weighted by molar-refractivity contribution is -0.386. The standard InChI is InChI=1S/C17H20FN3O5/c1-26-12-8-13(18)17(21(24)25)14(9-12)19-10-2-4-11(5-3-10)20-15(22)6-7-16(20)23/h8-11,19H,2-7H2,1H3. The number of methoxy groups -OCH3 is 1. The fourth-order valence-corrected chi connectivity index (χ4v) is 3.69. The number of hydrogen-bond donors (Lipinski definition) is 1. The smallest absolute Gasteiger partial charge is 0.327 e. The van der Waals surface area contributed by atoms with Gasteiger partial charge in [0, 0.05) is 37.1 Å². The molecule has 0 aromatic heterocycles. The van der Waals surface area contributed by atoms with Crippen molar-refractivity contribution in [2.24, 2.45) is 0 Å². The van der Waals surface area contributed by atoms with Gasteiger partial charge in [-0.25, -0.2) is 0 Å². The van der Waals surface area contributed by atoms with E-state index in [0.717, 1.165) is 6.07 Å². The number of benzene rings is 1. The predicted octanol–water partition coefficient (Wildman–Crippen LogP) is 2.61. The van der Waals surface area contributed by atoms with Gasteiger partial charge in [0.15, 0.2) is 0 Å². The number of ether oxygens (including phenoxy) is 1. The zero-order valence-electron chi connectivity index (χ0n) is 14.4. The number of nitro groups is 1. The summed E-state index contributed by atoms with van der Waals surface area (Å²) in [5, 5.41) is 14.2. The highest BCUT2D eigenvalue weighted by Gasteiger charge is 2.37. The zero-order chi connectivity index (χ0) is 18.8. The molecular weight excluding hydrogens is 345 g/mol. The number of anilines is 1. The molecule has 1 aromatic carbocycles. The SMILES string of the molecule is COc1cc(F)c([N+](=O)[O-])c(NC2CCC(N3C(=O)CCC3=O)CC2)c1. The second-order valence-electron chi connectivity index (χ2n) is 6.57. The van der Waals surface area contributed by atoms with E-state index in [9.17, 15) is 24.1 Å². The molecule has 1 N–H and O–H groups in total. The summed E-state index contributed by atoms with van der Waals surface area (Å²) in [5.74, 6) is -1.02. The zero-order valence-corrected chi connectivity index (χ0v) is 14.4. The van der Waals surface area contributed by atoms with Crippen LogP contribution in [-0.2, 0) is 9.59 Å². The monoisotopic (exact) mass is 365 g/mol. The maximum Gasteiger partial charge on any atom is 0.327 e. The van der Waals surface area contributed by atoms with E-state index in [1.54, 1.807) is 0 Å². The van der Waals surface area contributed by atoms with Crippen molar-refractivity contribution in [3.8, 4) is 5.75 Å². The second kappa shape index (κ2) is 7.27. The predicted molar refractivity (Wildman–Crippen MR) is 90.4 cm³/mol. The highest BCUT2D eigenvalue weighted by atomic mass is 19.1. The van der Waals surface area contributed by atoms with Crippen LogP contribution in [0, 0.1) is 15.9 Å². The summed E-state index contributed by atoms with van der Waals surface area (Å²) in [7, 11) is 1.36. The van der Waals surface area contributed by atoms with E-state index >= 15 is 0 Å². The minimum atomic E-state index is -0.959. The van der Waals surface area contributed by atoms with Crippen LogP contribution in [-0.4, -0.2) is 40.8 Å². The number of carbonyl (C=O) groups excluding carboxylic acids is 2. The molecule has 0 bridgehead atoms. The van der Waals surface area contributed by atoms with Crippen LogP contribution in [0.25, 0.3) is 0 Å². The molecule has 8 nitrogen and oxygen atoms in total. The van der Waals surface area contributed by atoms with Crippen molar-refractivity contribution in [1.29, 1.82) is 0 Å². The molecule has 140 valence electrons. The molecule has 0 unspecified atom stereocenters. The first-order valence-electron chi connectivity index (χ1n) is 8.54. The number of halogens is 1. The Morgan fingerprint density at radius 1 is 1.19 bits per heavy atom. The van der Waals surface area contributed by atoms with Gasteiger partial charge in [0.05, 0.1) is 12.0 Å². The summed E-state index contributed by atoms with van der Waals surface area (Å²) in [4.78, 5) is 35.5. The lowest BCUT2D eigenvalue weighted by atomic mass is 9.90. The van der Waals surface area contributed by atoms with Crippen LogP contribution in [0.1, 0.15) is 38.5 Å². The van der Waals surface area contributed by atoms with E-state index < -0.39 is 16.4 Å². The Kier molecular flexibility index (Phi) is 5.06. The third-order valence-corrected chi connectivity index (χ3v) is 4.97. The average molecular weight is 365 g/mol. The fraction of sp³-hybridized carbons (Fsp3) is 0.529. The molecule has 1 saturated carbocycles. The van der Waals surface area contributed by atoms with Gasteiger partial charge in [-0.2, -0.15) is 4.39 Å². The van der Waals surface area contributed by atoms with Gasteiger partial charge in [0.1, 0.15) is 11.4 Å². The van der Waals surface area contributed by atoms with Gasteiger partial charge in [0.2, 0.25) is 17.6 Å². The second-order valence-corrected chi connectivity index (χ2v) is 6.57. The van der Waals surface area contributed by atoms with E-state index in [1.165, 1.54) is 18.1 Å². The molecular formula is C17H20FN3O5. The molecule has 0 atom stereocenters. The molecule has 3 rings (SSSR count). The van der Waals surface area contributed by atoms with Crippen LogP contribution in [0.3, 0.4) is 0 Å². The van der Waals surface area contributed by atoms with Crippen LogP contribution in [0.2, 0.25) is 0 Å². The maximum atomic E-state index is 14.0. The van der Waals surface area contributed by atoms with Crippen molar-refractivity contribution in [2.45, 2.75) is 50.6 Å². The number of hydrogen-bond acceptors (Lipinski definition) is 6. The highest BCUT2D eigenvalue weighted by Crippen LogP contribution is 2.35. The van der Waals surface area contributed by atoms with Crippen molar-refractivity contribution in [3.63, 3.8) is 0 Å². The van der Waals surface area contributed by atoms with Crippen molar-refractivity contribution < 1.29 is 23.6 Å². The van der Waals surface area contributed by atoms with E-state index in [-0.39, 0.29) is 48.2 Å². The van der Waals surface area contributed by atoms with E-state index in [2.05, 4.69) is 5.32 Å². The lowest BCUT2D eigenvalue weighted by Gasteiger charge is -2.34. The Bertz CT molecular complexity index is 730. The van der Waals surface area contributed by atoms with Gasteiger partial charge in [0.25, 0.3) is 0 Å². The Labute approximate surface area is 149 Å². The molecule has 9 heteroatoms. The number of nitro benzene ring substituents is 1. The topological polar surface area (TPSA) is 102 Å². The highest BCUT2D eigenvalue weighted by molar-refractivity contribution is 6.02. The summed E-state index contributed by atoms with van der Waals surface area (Å²) in [6.45, 7) is 0. The minimum absolute atomic E-state index is 0.0728. The van der Waals surface area contributed by atoms with Crippen LogP contribution in [0.15, 0.2) is 12.1 Å². The summed E-state index contributed by atoms with van der Waals surface area (Å²) >= 11 is 0. The number of rotatable bonds is 5. The largest absolute Gasteiger partial charge is 0.497 e. The summed E-state index contributed by atoms with van der Waals surface area (Å²) in [6, 6.07) is 2.16. The average Bonchev–Trinajstić information content (AvgIpc) is 2.93. The van der Waals surface area contributed by atoms with Gasteiger partial charge in [-0.1, -0.05) is 0 Å². The molecule has 1 aliphatic heterocycles. The number of imide groups is 1. The van der Waals surface area contributed by atoms with Crippen LogP contribution in [0.5, 0.6) is 5.75 Å². The lowest BCUT2D eigenvalue weighted by Crippen LogP contribution is -2.43. The van der Waals surface area contributed by atoms with Crippen molar-refractivity contribution in [3.05, 3.63) is 28.1 Å². The van der Waals surface area contributed by atoms with Crippen molar-refractivity contribution >= 4 is 23.2 Å².